The molecule has 9 heteroatoms. The molecule has 0 aliphatic carbocycles. The van der Waals surface area contributed by atoms with E-state index in [0.29, 0.717) is 17.4 Å². The molecule has 0 heterocycles. The Labute approximate surface area is 443 Å². The molecule has 0 aromatic rings. The van der Waals surface area contributed by atoms with Gasteiger partial charge in [-0.1, -0.05) is 247 Å². The number of carboxylic acid groups (broad SMARTS) is 1. The zero-order chi connectivity index (χ0) is 52.7. The number of allylic oxidation sites excluding steroid dienone is 12. The van der Waals surface area contributed by atoms with Crippen molar-refractivity contribution < 1.29 is 42.9 Å². The van der Waals surface area contributed by atoms with Crippen molar-refractivity contribution in [3.8, 4) is 0 Å². The molecule has 72 heavy (non-hydrogen) atoms. The number of aliphatic carboxylic acids is 1. The Morgan fingerprint density at radius 2 is 0.792 bits per heavy atom. The van der Waals surface area contributed by atoms with Gasteiger partial charge in [-0.2, -0.15) is 0 Å². The van der Waals surface area contributed by atoms with Gasteiger partial charge in [0.05, 0.1) is 34.4 Å². The van der Waals surface area contributed by atoms with E-state index in [1.54, 1.807) is 0 Å². The Balaban J connectivity index is 3.82. The van der Waals surface area contributed by atoms with Gasteiger partial charge in [-0.15, -0.1) is 0 Å². The Kier molecular flexibility index (Phi) is 51.6. The number of carbonyl (C=O) groups is 3. The third-order valence-corrected chi connectivity index (χ3v) is 12.7. The fourth-order valence-electron chi connectivity index (χ4n) is 8.19. The number of unbranched alkanes of at least 4 members (excludes halogenated alkanes) is 27. The van der Waals surface area contributed by atoms with Crippen LogP contribution in [0.15, 0.2) is 72.9 Å². The predicted molar refractivity (Wildman–Crippen MR) is 304 cm³/mol. The van der Waals surface area contributed by atoms with E-state index >= 15 is 0 Å². The SMILES string of the molecule is CC/C=C\C/C=C\C/C=C\C/C=C\C/C=C\C/C=C\CCCCCCCCCCCCCCCCCCCCCCCCC(=O)OC(COC(=O)CCCCCCCC)COC(OCC[N+](C)(C)C)C(=O)O. The molecule has 0 aromatic carbocycles. The Bertz CT molecular complexity index is 1410. The number of rotatable bonds is 54. The third-order valence-electron chi connectivity index (χ3n) is 12.7. The van der Waals surface area contributed by atoms with Crippen LogP contribution in [0.4, 0.5) is 0 Å². The van der Waals surface area contributed by atoms with Gasteiger partial charge in [-0.3, -0.25) is 9.59 Å². The smallest absolute Gasteiger partial charge is 0.361 e. The highest BCUT2D eigenvalue weighted by molar-refractivity contribution is 5.71. The highest BCUT2D eigenvalue weighted by atomic mass is 16.7. The van der Waals surface area contributed by atoms with Gasteiger partial charge in [-0.25, -0.2) is 4.79 Å². The molecule has 2 atom stereocenters. The summed E-state index contributed by atoms with van der Waals surface area (Å²) >= 11 is 0. The molecule has 0 aliphatic rings. The molecule has 0 fully saturated rings. The summed E-state index contributed by atoms with van der Waals surface area (Å²) in [5.41, 5.74) is 0. The van der Waals surface area contributed by atoms with Crippen molar-refractivity contribution in [2.45, 2.75) is 264 Å². The lowest BCUT2D eigenvalue weighted by atomic mass is 10.0. The lowest BCUT2D eigenvalue weighted by molar-refractivity contribution is -0.870. The minimum Gasteiger partial charge on any atom is -0.477 e. The number of likely N-dealkylation sites (N-methyl/N-ethyl adjacent to an activating group) is 1. The number of nitrogens with zero attached hydrogens (tertiary/aromatic N) is 1. The molecule has 0 radical (unpaired) electrons. The quantitative estimate of drug-likeness (QED) is 0.0211. The highest BCUT2D eigenvalue weighted by Gasteiger charge is 2.25. The summed E-state index contributed by atoms with van der Waals surface area (Å²) in [6.07, 6.45) is 67.7. The van der Waals surface area contributed by atoms with E-state index in [9.17, 15) is 19.5 Å². The monoisotopic (exact) mass is 1010 g/mol. The third kappa shape index (κ3) is 54.5. The lowest BCUT2D eigenvalue weighted by Crippen LogP contribution is -2.40. The van der Waals surface area contributed by atoms with Gasteiger partial charge in [0.1, 0.15) is 13.2 Å². The summed E-state index contributed by atoms with van der Waals surface area (Å²) in [4.78, 5) is 37.0. The van der Waals surface area contributed by atoms with Crippen LogP contribution in [-0.4, -0.2) is 87.4 Å². The molecular weight excluding hydrogens is 899 g/mol. The second kappa shape index (κ2) is 54.0. The summed E-state index contributed by atoms with van der Waals surface area (Å²) < 4.78 is 22.7. The highest BCUT2D eigenvalue weighted by Crippen LogP contribution is 2.17. The summed E-state index contributed by atoms with van der Waals surface area (Å²) in [5, 5.41) is 9.63. The van der Waals surface area contributed by atoms with Crippen LogP contribution in [-0.2, 0) is 33.3 Å². The Hall–Kier alpha value is -3.27. The number of esters is 2. The van der Waals surface area contributed by atoms with Gasteiger partial charge in [0, 0.05) is 12.8 Å². The van der Waals surface area contributed by atoms with Crippen LogP contribution in [0.25, 0.3) is 0 Å². The van der Waals surface area contributed by atoms with Crippen LogP contribution < -0.4 is 0 Å². The van der Waals surface area contributed by atoms with Crippen LogP contribution in [0, 0.1) is 0 Å². The molecule has 416 valence electrons. The van der Waals surface area contributed by atoms with Crippen molar-refractivity contribution in [2.24, 2.45) is 0 Å². The summed E-state index contributed by atoms with van der Waals surface area (Å²) in [5.74, 6) is -2.01. The van der Waals surface area contributed by atoms with Gasteiger partial charge in [0.25, 0.3) is 6.29 Å². The van der Waals surface area contributed by atoms with E-state index in [4.69, 9.17) is 18.9 Å². The number of hydrogen-bond acceptors (Lipinski definition) is 7. The first-order valence-corrected chi connectivity index (χ1v) is 29.6. The van der Waals surface area contributed by atoms with E-state index in [1.165, 1.54) is 148 Å². The average molecular weight is 1010 g/mol. The van der Waals surface area contributed by atoms with Gasteiger partial charge in [-0.05, 0) is 64.2 Å². The Morgan fingerprint density at radius 3 is 1.18 bits per heavy atom. The normalized spacial score (nSPS) is 13.3. The molecule has 9 nitrogen and oxygen atoms in total. The van der Waals surface area contributed by atoms with E-state index in [0.717, 1.165) is 77.0 Å². The topological polar surface area (TPSA) is 108 Å². The number of carbonyl (C=O) groups excluding carboxylic acids is 2. The molecule has 0 bridgehead atoms. The molecule has 0 saturated carbocycles. The average Bonchev–Trinajstić information content (AvgIpc) is 3.35. The summed E-state index contributed by atoms with van der Waals surface area (Å²) in [6.45, 7) is 4.70. The van der Waals surface area contributed by atoms with Crippen molar-refractivity contribution in [3.05, 3.63) is 72.9 Å². The van der Waals surface area contributed by atoms with Crippen molar-refractivity contribution in [3.63, 3.8) is 0 Å². The van der Waals surface area contributed by atoms with Gasteiger partial charge in [0.15, 0.2) is 6.10 Å². The Morgan fingerprint density at radius 1 is 0.431 bits per heavy atom. The number of carboxylic acids is 1. The van der Waals surface area contributed by atoms with E-state index < -0.39 is 24.3 Å². The molecule has 0 aliphatic heterocycles. The second-order valence-electron chi connectivity index (χ2n) is 20.9. The van der Waals surface area contributed by atoms with Crippen molar-refractivity contribution in [1.29, 1.82) is 0 Å². The fourth-order valence-corrected chi connectivity index (χ4v) is 8.19. The predicted octanol–water partition coefficient (Wildman–Crippen LogP) is 17.4. The van der Waals surface area contributed by atoms with Gasteiger partial charge >= 0.3 is 17.9 Å². The number of ether oxygens (including phenoxy) is 4. The standard InChI is InChI=1S/C63H111NO8/c1-6-8-10-12-14-15-16-17-18-19-20-21-22-23-24-25-26-27-28-29-30-31-32-33-34-35-36-37-38-39-40-41-42-43-44-45-46-47-48-50-52-54-61(66)72-59(57-70-60(65)53-51-49-13-11-9-7-2)58-71-63(62(67)68)69-56-55-64(3,4)5/h8,10,14-15,17-18,20-21,23-24,26-27,59,63H,6-7,9,11-13,16,19,22,25,28-58H2,1-5H3/p+1/b10-8-,15-14-,18-17-,21-20-,24-23-,27-26-. The maximum absolute atomic E-state index is 12.8. The minimum absolute atomic E-state index is 0.180. The molecule has 0 saturated heterocycles. The van der Waals surface area contributed by atoms with E-state index in [2.05, 4.69) is 86.8 Å². The summed E-state index contributed by atoms with van der Waals surface area (Å²) in [7, 11) is 5.96. The lowest BCUT2D eigenvalue weighted by Gasteiger charge is -2.25. The van der Waals surface area contributed by atoms with Crippen LogP contribution >= 0.6 is 0 Å². The first-order valence-electron chi connectivity index (χ1n) is 29.6. The first kappa shape index (κ1) is 68.7. The largest absolute Gasteiger partial charge is 0.477 e. The summed E-state index contributed by atoms with van der Waals surface area (Å²) in [6, 6.07) is 0. The van der Waals surface area contributed by atoms with Gasteiger partial charge < -0.3 is 28.5 Å². The zero-order valence-electron chi connectivity index (χ0n) is 47.3. The van der Waals surface area contributed by atoms with Crippen LogP contribution in [0.2, 0.25) is 0 Å². The van der Waals surface area contributed by atoms with Crippen molar-refractivity contribution in [2.75, 3.05) is 47.5 Å². The van der Waals surface area contributed by atoms with Crippen molar-refractivity contribution >= 4 is 17.9 Å². The van der Waals surface area contributed by atoms with Crippen LogP contribution in [0.1, 0.15) is 251 Å². The van der Waals surface area contributed by atoms with E-state index in [1.807, 2.05) is 21.1 Å². The van der Waals surface area contributed by atoms with E-state index in [-0.39, 0.29) is 32.2 Å². The first-order chi connectivity index (χ1) is 35.1. The second-order valence-corrected chi connectivity index (χ2v) is 20.9. The zero-order valence-corrected chi connectivity index (χ0v) is 47.3. The molecule has 0 rings (SSSR count). The fraction of sp³-hybridized carbons (Fsp3) is 0.762. The molecule has 1 N–H and O–H groups in total. The molecule has 0 aromatic heterocycles. The van der Waals surface area contributed by atoms with Crippen LogP contribution in [0.5, 0.6) is 0 Å². The number of hydrogen-bond donors (Lipinski definition) is 1. The molecule has 0 spiro atoms. The molecule has 0 amide bonds. The number of quaternary nitrogens is 1. The minimum atomic E-state index is -1.51. The van der Waals surface area contributed by atoms with Crippen molar-refractivity contribution in [1.82, 2.24) is 0 Å². The maximum atomic E-state index is 12.8. The van der Waals surface area contributed by atoms with Gasteiger partial charge in [0.2, 0.25) is 0 Å². The maximum Gasteiger partial charge on any atom is 0.361 e. The molecule has 2 unspecified atom stereocenters. The molecular formula is C63H112NO8+. The van der Waals surface area contributed by atoms with Crippen LogP contribution in [0.3, 0.4) is 0 Å².